The van der Waals surface area contributed by atoms with Gasteiger partial charge in [-0.25, -0.2) is 0 Å². The number of allylic oxidation sites excluding steroid dienone is 1. The van der Waals surface area contributed by atoms with E-state index in [2.05, 4.69) is 19.9 Å². The Kier molecular flexibility index (Phi) is 3.95. The summed E-state index contributed by atoms with van der Waals surface area (Å²) in [5, 5.41) is 31.0. The van der Waals surface area contributed by atoms with Gasteiger partial charge in [0.2, 0.25) is 0 Å². The van der Waals surface area contributed by atoms with E-state index < -0.39 is 6.10 Å². The molecule has 0 bridgehead atoms. The molecule has 0 spiro atoms. The first-order chi connectivity index (χ1) is 11.3. The Morgan fingerprint density at radius 2 is 1.88 bits per heavy atom. The topological polar surface area (TPSA) is 60.7 Å². The quantitative estimate of drug-likeness (QED) is 0.645. The van der Waals surface area contributed by atoms with Gasteiger partial charge in [0.25, 0.3) is 0 Å². The molecule has 136 valence electrons. The minimum atomic E-state index is -0.429. The van der Waals surface area contributed by atoms with Crippen molar-refractivity contribution in [2.45, 2.75) is 84.0 Å². The maximum atomic E-state index is 10.7. The fourth-order valence-electron chi connectivity index (χ4n) is 7.57. The van der Waals surface area contributed by atoms with Gasteiger partial charge in [-0.1, -0.05) is 25.5 Å². The summed E-state index contributed by atoms with van der Waals surface area (Å²) in [4.78, 5) is 0. The van der Waals surface area contributed by atoms with Crippen molar-refractivity contribution in [2.24, 2.45) is 34.5 Å². The molecule has 4 aliphatic rings. The number of hydrogen-bond acceptors (Lipinski definition) is 3. The Labute approximate surface area is 146 Å². The Hall–Kier alpha value is -0.380. The molecule has 4 aliphatic carbocycles. The molecule has 3 N–H and O–H groups in total. The van der Waals surface area contributed by atoms with Gasteiger partial charge in [0, 0.05) is 5.92 Å². The van der Waals surface area contributed by atoms with E-state index in [4.69, 9.17) is 0 Å². The zero-order valence-electron chi connectivity index (χ0n) is 15.4. The SMILES string of the molecule is C[C@H](O)[C@H]1[C@H](O)C[C@H]2[C@@H]3CC=C4CC(O)CC[C@]4(C)[C@H]3CC[C@]12C. The maximum absolute atomic E-state index is 10.7. The Morgan fingerprint density at radius 3 is 2.58 bits per heavy atom. The Bertz CT molecular complexity index is 541. The lowest BCUT2D eigenvalue weighted by Gasteiger charge is -2.58. The van der Waals surface area contributed by atoms with E-state index in [0.29, 0.717) is 17.8 Å². The van der Waals surface area contributed by atoms with Crippen molar-refractivity contribution in [2.75, 3.05) is 0 Å². The molecular weight excluding hydrogens is 300 g/mol. The first-order valence-electron chi connectivity index (χ1n) is 10.0. The summed E-state index contributed by atoms with van der Waals surface area (Å²) in [7, 11) is 0. The van der Waals surface area contributed by atoms with Crippen molar-refractivity contribution in [1.82, 2.24) is 0 Å². The van der Waals surface area contributed by atoms with Crippen LogP contribution in [-0.4, -0.2) is 33.6 Å². The van der Waals surface area contributed by atoms with Crippen LogP contribution < -0.4 is 0 Å². The predicted molar refractivity (Wildman–Crippen MR) is 94.3 cm³/mol. The Morgan fingerprint density at radius 1 is 1.12 bits per heavy atom. The Balaban J connectivity index is 1.67. The lowest BCUT2D eigenvalue weighted by molar-refractivity contribution is -0.0761. The molecular formula is C21H34O3. The summed E-state index contributed by atoms with van der Waals surface area (Å²) in [5.41, 5.74) is 1.82. The molecule has 0 aromatic carbocycles. The van der Waals surface area contributed by atoms with Crippen LogP contribution in [0.15, 0.2) is 11.6 Å². The van der Waals surface area contributed by atoms with Crippen LogP contribution in [0.5, 0.6) is 0 Å². The van der Waals surface area contributed by atoms with Gasteiger partial charge in [0.15, 0.2) is 0 Å². The summed E-state index contributed by atoms with van der Waals surface area (Å²) >= 11 is 0. The maximum Gasteiger partial charge on any atom is 0.0601 e. The highest BCUT2D eigenvalue weighted by atomic mass is 16.3. The van der Waals surface area contributed by atoms with Gasteiger partial charge < -0.3 is 15.3 Å². The van der Waals surface area contributed by atoms with Crippen molar-refractivity contribution >= 4 is 0 Å². The second-order valence-corrected chi connectivity index (χ2v) is 9.77. The molecule has 1 unspecified atom stereocenters. The molecule has 0 amide bonds. The molecule has 0 radical (unpaired) electrons. The molecule has 0 aliphatic heterocycles. The smallest absolute Gasteiger partial charge is 0.0601 e. The molecule has 0 aromatic rings. The van der Waals surface area contributed by atoms with Gasteiger partial charge in [-0.15, -0.1) is 0 Å². The van der Waals surface area contributed by atoms with Crippen molar-refractivity contribution in [1.29, 1.82) is 0 Å². The number of aliphatic hydroxyl groups excluding tert-OH is 3. The van der Waals surface area contributed by atoms with E-state index in [-0.39, 0.29) is 29.0 Å². The van der Waals surface area contributed by atoms with E-state index in [0.717, 1.165) is 38.5 Å². The van der Waals surface area contributed by atoms with E-state index in [1.165, 1.54) is 12.0 Å². The number of rotatable bonds is 1. The van der Waals surface area contributed by atoms with Crippen LogP contribution in [0.25, 0.3) is 0 Å². The average Bonchev–Trinajstić information content (AvgIpc) is 2.78. The highest BCUT2D eigenvalue weighted by molar-refractivity contribution is 5.25. The summed E-state index contributed by atoms with van der Waals surface area (Å²) in [6.45, 7) is 6.62. The molecule has 9 atom stereocenters. The van der Waals surface area contributed by atoms with Gasteiger partial charge in [-0.05, 0) is 80.5 Å². The average molecular weight is 335 g/mol. The van der Waals surface area contributed by atoms with Crippen LogP contribution in [0, 0.1) is 34.5 Å². The van der Waals surface area contributed by atoms with Crippen molar-refractivity contribution < 1.29 is 15.3 Å². The van der Waals surface area contributed by atoms with Crippen molar-refractivity contribution in [3.05, 3.63) is 11.6 Å². The van der Waals surface area contributed by atoms with E-state index in [1.807, 2.05) is 6.92 Å². The second kappa shape index (κ2) is 5.56. The van der Waals surface area contributed by atoms with Gasteiger partial charge in [-0.2, -0.15) is 0 Å². The summed E-state index contributed by atoms with van der Waals surface area (Å²) in [5.74, 6) is 1.86. The third kappa shape index (κ3) is 2.20. The zero-order chi connectivity index (χ0) is 17.3. The molecule has 3 saturated carbocycles. The van der Waals surface area contributed by atoms with Crippen LogP contribution in [0.2, 0.25) is 0 Å². The molecule has 3 nitrogen and oxygen atoms in total. The molecule has 0 aromatic heterocycles. The molecule has 0 heterocycles. The van der Waals surface area contributed by atoms with Crippen LogP contribution in [-0.2, 0) is 0 Å². The summed E-state index contributed by atoms with van der Waals surface area (Å²) in [6.07, 6.45) is 8.67. The fourth-order valence-corrected chi connectivity index (χ4v) is 7.57. The van der Waals surface area contributed by atoms with Crippen LogP contribution in [0.1, 0.15) is 65.7 Å². The van der Waals surface area contributed by atoms with Gasteiger partial charge in [0.1, 0.15) is 0 Å². The molecule has 4 rings (SSSR count). The minimum absolute atomic E-state index is 0.0230. The molecule has 3 heteroatoms. The van der Waals surface area contributed by atoms with Crippen LogP contribution in [0.4, 0.5) is 0 Å². The summed E-state index contributed by atoms with van der Waals surface area (Å²) in [6, 6.07) is 0. The van der Waals surface area contributed by atoms with Crippen molar-refractivity contribution in [3.8, 4) is 0 Å². The molecule has 3 fully saturated rings. The summed E-state index contributed by atoms with van der Waals surface area (Å²) < 4.78 is 0. The monoisotopic (exact) mass is 334 g/mol. The number of fused-ring (bicyclic) bond motifs is 5. The lowest BCUT2D eigenvalue weighted by Crippen LogP contribution is -2.51. The number of hydrogen-bond donors (Lipinski definition) is 3. The third-order valence-corrected chi connectivity index (χ3v) is 8.71. The van der Waals surface area contributed by atoms with E-state index in [1.54, 1.807) is 0 Å². The van der Waals surface area contributed by atoms with Crippen LogP contribution >= 0.6 is 0 Å². The van der Waals surface area contributed by atoms with Gasteiger partial charge in [0.05, 0.1) is 18.3 Å². The molecule has 0 saturated heterocycles. The lowest BCUT2D eigenvalue weighted by atomic mass is 9.47. The predicted octanol–water partition coefficient (Wildman–Crippen LogP) is 3.28. The number of aliphatic hydroxyl groups is 3. The van der Waals surface area contributed by atoms with Crippen LogP contribution in [0.3, 0.4) is 0 Å². The largest absolute Gasteiger partial charge is 0.393 e. The van der Waals surface area contributed by atoms with Gasteiger partial charge in [-0.3, -0.25) is 0 Å². The van der Waals surface area contributed by atoms with E-state index in [9.17, 15) is 15.3 Å². The second-order valence-electron chi connectivity index (χ2n) is 9.77. The van der Waals surface area contributed by atoms with E-state index >= 15 is 0 Å². The zero-order valence-corrected chi connectivity index (χ0v) is 15.4. The first kappa shape index (κ1) is 17.1. The van der Waals surface area contributed by atoms with Gasteiger partial charge >= 0.3 is 0 Å². The normalized spacial score (nSPS) is 55.2. The standard InChI is InChI=1S/C21H34O3/c1-12(22)19-18(24)11-17-15-5-4-13-10-14(23)6-8-20(13,2)16(15)7-9-21(17,19)3/h4,12,14-19,22-24H,5-11H2,1-3H3/t12-,14?,15+,16-,17-,18+,19-,20-,21-/m0/s1. The fraction of sp³-hybridized carbons (Fsp3) is 0.905. The highest BCUT2D eigenvalue weighted by Crippen LogP contribution is 2.66. The highest BCUT2D eigenvalue weighted by Gasteiger charge is 2.61. The first-order valence-corrected chi connectivity index (χ1v) is 10.0. The third-order valence-electron chi connectivity index (χ3n) is 8.71. The minimum Gasteiger partial charge on any atom is -0.393 e. The van der Waals surface area contributed by atoms with Crippen molar-refractivity contribution in [3.63, 3.8) is 0 Å². The molecule has 24 heavy (non-hydrogen) atoms.